The SMILES string of the molecule is [C-]#[N+]c1ccc(N2C(=O)[C@@H]3[C@H](C2=O)C2(C)OC3(CCOc3ccc(C#N)c(F)c3F)C[C@H]2O)c2ccccc12. The van der Waals surface area contributed by atoms with Gasteiger partial charge in [-0.2, -0.15) is 9.65 Å². The number of fused-ring (bicyclic) bond motifs is 6. The number of anilines is 1. The van der Waals surface area contributed by atoms with E-state index in [4.69, 9.17) is 21.3 Å². The van der Waals surface area contributed by atoms with Gasteiger partial charge in [0.25, 0.3) is 0 Å². The van der Waals surface area contributed by atoms with Gasteiger partial charge in [-0.3, -0.25) is 9.59 Å². The second kappa shape index (κ2) is 8.57. The fourth-order valence-electron chi connectivity index (χ4n) is 6.48. The summed E-state index contributed by atoms with van der Waals surface area (Å²) in [4.78, 5) is 32.4. The van der Waals surface area contributed by atoms with Gasteiger partial charge in [0, 0.05) is 12.8 Å². The average Bonchev–Trinajstić information content (AvgIpc) is 3.47. The summed E-state index contributed by atoms with van der Waals surface area (Å²) in [5, 5.41) is 21.0. The van der Waals surface area contributed by atoms with Crippen LogP contribution in [-0.4, -0.2) is 40.8 Å². The summed E-state index contributed by atoms with van der Waals surface area (Å²) in [6.07, 6.45) is -0.963. The van der Waals surface area contributed by atoms with E-state index in [0.29, 0.717) is 22.1 Å². The number of carbonyl (C=O) groups is 2. The molecule has 3 aromatic rings. The molecule has 3 aliphatic rings. The van der Waals surface area contributed by atoms with Gasteiger partial charge < -0.3 is 14.6 Å². The molecule has 3 aliphatic heterocycles. The molecule has 196 valence electrons. The number of ether oxygens (including phenoxy) is 2. The zero-order valence-electron chi connectivity index (χ0n) is 20.6. The first-order valence-corrected chi connectivity index (χ1v) is 12.3. The Kier molecular flexibility index (Phi) is 5.48. The highest BCUT2D eigenvalue weighted by molar-refractivity contribution is 6.26. The Morgan fingerprint density at radius 3 is 2.56 bits per heavy atom. The predicted molar refractivity (Wildman–Crippen MR) is 134 cm³/mol. The Bertz CT molecular complexity index is 1660. The van der Waals surface area contributed by atoms with E-state index in [0.717, 1.165) is 17.0 Å². The topological polar surface area (TPSA) is 104 Å². The molecule has 10 heteroatoms. The quantitative estimate of drug-likeness (QED) is 0.388. The first-order valence-electron chi connectivity index (χ1n) is 12.3. The molecule has 2 unspecified atom stereocenters. The monoisotopic (exact) mass is 529 g/mol. The number of hydrogen-bond acceptors (Lipinski definition) is 6. The van der Waals surface area contributed by atoms with Crippen molar-refractivity contribution in [1.29, 1.82) is 5.26 Å². The fraction of sp³-hybridized carbons (Fsp3) is 0.310. The number of nitriles is 1. The lowest BCUT2D eigenvalue weighted by Gasteiger charge is -2.33. The van der Waals surface area contributed by atoms with Gasteiger partial charge in [0.15, 0.2) is 17.3 Å². The molecule has 2 amide bonds. The molecular weight excluding hydrogens is 508 g/mol. The maximum Gasteiger partial charge on any atom is 0.240 e. The number of nitrogens with zero attached hydrogens (tertiary/aromatic N) is 3. The van der Waals surface area contributed by atoms with Crippen LogP contribution in [0.5, 0.6) is 5.75 Å². The van der Waals surface area contributed by atoms with Crippen molar-refractivity contribution in [1.82, 2.24) is 0 Å². The summed E-state index contributed by atoms with van der Waals surface area (Å²) in [5.74, 6) is -5.91. The van der Waals surface area contributed by atoms with Crippen LogP contribution >= 0.6 is 0 Å². The van der Waals surface area contributed by atoms with E-state index in [1.165, 1.54) is 0 Å². The maximum atomic E-state index is 14.4. The summed E-state index contributed by atoms with van der Waals surface area (Å²) in [6.45, 7) is 8.87. The number of rotatable bonds is 5. The van der Waals surface area contributed by atoms with Crippen LogP contribution in [0.15, 0.2) is 48.5 Å². The lowest BCUT2D eigenvalue weighted by Crippen LogP contribution is -2.49. The van der Waals surface area contributed by atoms with Gasteiger partial charge in [-0.1, -0.05) is 30.3 Å². The fourth-order valence-corrected chi connectivity index (χ4v) is 6.48. The molecular formula is C29H21F2N3O5. The van der Waals surface area contributed by atoms with Gasteiger partial charge in [0.2, 0.25) is 17.6 Å². The number of aliphatic hydroxyl groups is 1. The molecule has 2 bridgehead atoms. The molecule has 3 saturated heterocycles. The third-order valence-corrected chi connectivity index (χ3v) is 8.30. The molecule has 0 aromatic heterocycles. The Labute approximate surface area is 221 Å². The van der Waals surface area contributed by atoms with Gasteiger partial charge in [0.1, 0.15) is 11.7 Å². The van der Waals surface area contributed by atoms with Crippen LogP contribution in [0.3, 0.4) is 0 Å². The van der Waals surface area contributed by atoms with E-state index < -0.39 is 63.9 Å². The maximum absolute atomic E-state index is 14.4. The molecule has 3 aromatic carbocycles. The van der Waals surface area contributed by atoms with E-state index in [1.54, 1.807) is 49.4 Å². The number of hydrogen-bond donors (Lipinski definition) is 1. The van der Waals surface area contributed by atoms with Crippen LogP contribution in [0, 0.1) is 41.4 Å². The molecule has 0 aliphatic carbocycles. The minimum atomic E-state index is -1.33. The summed E-state index contributed by atoms with van der Waals surface area (Å²) in [7, 11) is 0. The van der Waals surface area contributed by atoms with Gasteiger partial charge in [-0.05, 0) is 35.9 Å². The first-order chi connectivity index (χ1) is 18.7. The van der Waals surface area contributed by atoms with Gasteiger partial charge in [-0.25, -0.2) is 14.1 Å². The van der Waals surface area contributed by atoms with Crippen LogP contribution in [0.4, 0.5) is 20.2 Å². The highest BCUT2D eigenvalue weighted by atomic mass is 19.2. The Morgan fingerprint density at radius 2 is 1.85 bits per heavy atom. The highest BCUT2D eigenvalue weighted by Crippen LogP contribution is 2.62. The van der Waals surface area contributed by atoms with Crippen molar-refractivity contribution in [2.45, 2.75) is 37.1 Å². The number of imide groups is 1. The second-order valence-electron chi connectivity index (χ2n) is 10.2. The number of carbonyl (C=O) groups excluding carboxylic acids is 2. The third kappa shape index (κ3) is 3.32. The summed E-state index contributed by atoms with van der Waals surface area (Å²) in [6, 6.07) is 14.0. The Morgan fingerprint density at radius 1 is 1.13 bits per heavy atom. The van der Waals surface area contributed by atoms with Crippen molar-refractivity contribution in [3.8, 4) is 11.8 Å². The molecule has 8 nitrogen and oxygen atoms in total. The van der Waals surface area contributed by atoms with E-state index in [9.17, 15) is 23.5 Å². The Balaban J connectivity index is 1.34. The molecule has 0 radical (unpaired) electrons. The Hall–Kier alpha value is -4.38. The van der Waals surface area contributed by atoms with Crippen molar-refractivity contribution >= 4 is 34.0 Å². The van der Waals surface area contributed by atoms with Crippen molar-refractivity contribution in [3.63, 3.8) is 0 Å². The number of halogens is 2. The number of aliphatic hydroxyl groups excluding tert-OH is 1. The van der Waals surface area contributed by atoms with Crippen molar-refractivity contribution in [3.05, 3.63) is 77.1 Å². The van der Waals surface area contributed by atoms with Crippen LogP contribution < -0.4 is 9.64 Å². The molecule has 39 heavy (non-hydrogen) atoms. The molecule has 1 N–H and O–H groups in total. The summed E-state index contributed by atoms with van der Waals surface area (Å²) < 4.78 is 40.1. The van der Waals surface area contributed by atoms with Crippen LogP contribution in [0.1, 0.15) is 25.3 Å². The van der Waals surface area contributed by atoms with Gasteiger partial charge in [0.05, 0.1) is 48.0 Å². The van der Waals surface area contributed by atoms with Crippen LogP contribution in [0.2, 0.25) is 0 Å². The van der Waals surface area contributed by atoms with Crippen LogP contribution in [0.25, 0.3) is 15.6 Å². The second-order valence-corrected chi connectivity index (χ2v) is 10.2. The van der Waals surface area contributed by atoms with E-state index >= 15 is 0 Å². The van der Waals surface area contributed by atoms with E-state index in [-0.39, 0.29) is 19.4 Å². The average molecular weight is 529 g/mol. The molecule has 6 rings (SSSR count). The normalized spacial score (nSPS) is 29.0. The highest BCUT2D eigenvalue weighted by Gasteiger charge is 2.77. The summed E-state index contributed by atoms with van der Waals surface area (Å²) in [5.41, 5.74) is -2.32. The zero-order chi connectivity index (χ0) is 27.7. The predicted octanol–water partition coefficient (Wildman–Crippen LogP) is 4.41. The number of benzene rings is 3. The summed E-state index contributed by atoms with van der Waals surface area (Å²) >= 11 is 0. The molecule has 3 fully saturated rings. The first kappa shape index (κ1) is 24.9. The minimum absolute atomic E-state index is 0.0200. The minimum Gasteiger partial charge on any atom is -0.490 e. The smallest absolute Gasteiger partial charge is 0.240 e. The lowest BCUT2D eigenvalue weighted by molar-refractivity contribution is -0.134. The van der Waals surface area contributed by atoms with Crippen molar-refractivity contribution in [2.75, 3.05) is 11.5 Å². The van der Waals surface area contributed by atoms with Gasteiger partial charge in [-0.15, -0.1) is 0 Å². The molecule has 0 spiro atoms. The number of amides is 2. The van der Waals surface area contributed by atoms with Gasteiger partial charge >= 0.3 is 0 Å². The van der Waals surface area contributed by atoms with E-state index in [1.807, 2.05) is 0 Å². The van der Waals surface area contributed by atoms with Crippen molar-refractivity contribution < 1.29 is 33.0 Å². The third-order valence-electron chi connectivity index (χ3n) is 8.30. The largest absolute Gasteiger partial charge is 0.490 e. The standard InChI is InChI=1S/C29H21F2N3O5/c1-28-21(35)13-29(39-28,11-12-38-20-10-7-15(14-32)24(30)25(20)31)23-22(28)26(36)34(27(23)37)19-9-8-18(33-2)16-5-3-4-6-17(16)19/h3-10,21-23,35H,11-13H2,1H3/t21-,22-,23+,28?,29?/m1/s1. The van der Waals surface area contributed by atoms with E-state index in [2.05, 4.69) is 4.85 Å². The molecule has 5 atom stereocenters. The lowest BCUT2D eigenvalue weighted by atomic mass is 9.66. The molecule has 0 saturated carbocycles. The molecule has 3 heterocycles. The van der Waals surface area contributed by atoms with Crippen LogP contribution in [-0.2, 0) is 14.3 Å². The zero-order valence-corrected chi connectivity index (χ0v) is 20.6. The van der Waals surface area contributed by atoms with Crippen molar-refractivity contribution in [2.24, 2.45) is 11.8 Å².